The summed E-state index contributed by atoms with van der Waals surface area (Å²) in [6.07, 6.45) is 0. The number of rotatable bonds is 5. The molecule has 0 spiro atoms. The average molecular weight is 628 g/mol. The zero-order chi connectivity index (χ0) is 32.3. The van der Waals surface area contributed by atoms with Crippen LogP contribution in [0.25, 0.3) is 76.9 Å². The molecule has 0 bridgehead atoms. The van der Waals surface area contributed by atoms with Crippen molar-refractivity contribution in [2.24, 2.45) is 0 Å². The van der Waals surface area contributed by atoms with E-state index in [9.17, 15) is 0 Å². The molecule has 0 saturated carbocycles. The summed E-state index contributed by atoms with van der Waals surface area (Å²) in [5.41, 5.74) is 11.5. The third-order valence-electron chi connectivity index (χ3n) is 9.68. The first-order valence-corrected chi connectivity index (χ1v) is 16.6. The summed E-state index contributed by atoms with van der Waals surface area (Å²) < 4.78 is 12.7. The maximum absolute atomic E-state index is 6.48. The standard InChI is InChI=1S/C46H29NO2/c1-3-9-30(10-4-1)32-15-19-34(20-16-32)47(35-21-17-33(18-22-35)31-11-5-2-6-12-31)36-23-26-42-40(29-36)46-38-25-27-43-45(37(38)24-28-44(46)49-42)39-13-7-8-14-41(39)48-43/h1-29H. The summed E-state index contributed by atoms with van der Waals surface area (Å²) in [7, 11) is 0. The molecule has 0 aliphatic carbocycles. The van der Waals surface area contributed by atoms with E-state index in [1.165, 1.54) is 22.3 Å². The highest BCUT2D eigenvalue weighted by atomic mass is 16.3. The molecule has 0 fully saturated rings. The van der Waals surface area contributed by atoms with Crippen LogP contribution in [-0.2, 0) is 0 Å². The van der Waals surface area contributed by atoms with Gasteiger partial charge in [-0.3, -0.25) is 0 Å². The lowest BCUT2D eigenvalue weighted by Crippen LogP contribution is -2.09. The fraction of sp³-hybridized carbons (Fsp3) is 0. The summed E-state index contributed by atoms with van der Waals surface area (Å²) in [6, 6.07) is 62.0. The van der Waals surface area contributed by atoms with Gasteiger partial charge in [-0.15, -0.1) is 0 Å². The van der Waals surface area contributed by atoms with Gasteiger partial charge in [0.15, 0.2) is 0 Å². The Morgan fingerprint density at radius 1 is 0.286 bits per heavy atom. The van der Waals surface area contributed by atoms with Crippen LogP contribution in [0.5, 0.6) is 0 Å². The molecule has 0 aliphatic heterocycles. The Morgan fingerprint density at radius 2 is 0.714 bits per heavy atom. The number of fused-ring (bicyclic) bond motifs is 9. The van der Waals surface area contributed by atoms with Gasteiger partial charge in [0.25, 0.3) is 0 Å². The number of furan rings is 2. The molecule has 10 aromatic rings. The van der Waals surface area contributed by atoms with E-state index in [1.807, 2.05) is 12.1 Å². The topological polar surface area (TPSA) is 29.5 Å². The molecule has 3 heteroatoms. The maximum atomic E-state index is 6.48. The van der Waals surface area contributed by atoms with E-state index in [4.69, 9.17) is 8.83 Å². The van der Waals surface area contributed by atoms with Crippen molar-refractivity contribution in [2.45, 2.75) is 0 Å². The molecule has 0 N–H and O–H groups in total. The number of hydrogen-bond donors (Lipinski definition) is 0. The average Bonchev–Trinajstić information content (AvgIpc) is 3.75. The van der Waals surface area contributed by atoms with Crippen molar-refractivity contribution in [1.29, 1.82) is 0 Å². The molecule has 2 aromatic heterocycles. The lowest BCUT2D eigenvalue weighted by Gasteiger charge is -2.26. The SMILES string of the molecule is c1ccc(-c2ccc(N(c3ccc(-c4ccccc4)cc3)c3ccc4oc5ccc6c(ccc7oc8ccccc8c76)c5c4c3)cc2)cc1. The predicted molar refractivity (Wildman–Crippen MR) is 204 cm³/mol. The van der Waals surface area contributed by atoms with E-state index in [2.05, 4.69) is 169 Å². The molecule has 0 atom stereocenters. The van der Waals surface area contributed by atoms with Gasteiger partial charge in [0.1, 0.15) is 22.3 Å². The highest BCUT2D eigenvalue weighted by Gasteiger charge is 2.19. The highest BCUT2D eigenvalue weighted by Crippen LogP contribution is 2.43. The van der Waals surface area contributed by atoms with Crippen LogP contribution in [0.2, 0.25) is 0 Å². The monoisotopic (exact) mass is 627 g/mol. The Labute approximate surface area is 282 Å². The molecular weight excluding hydrogens is 599 g/mol. The van der Waals surface area contributed by atoms with Crippen LogP contribution in [0.3, 0.4) is 0 Å². The molecule has 2 heterocycles. The van der Waals surface area contributed by atoms with Crippen LogP contribution >= 0.6 is 0 Å². The molecule has 0 radical (unpaired) electrons. The summed E-state index contributed by atoms with van der Waals surface area (Å²) in [6.45, 7) is 0. The molecule has 3 nitrogen and oxygen atoms in total. The Kier molecular flexibility index (Phi) is 6.18. The second-order valence-corrected chi connectivity index (χ2v) is 12.5. The predicted octanol–water partition coefficient (Wildman–Crippen LogP) is 13.4. The first kappa shape index (κ1) is 27.5. The molecule has 0 saturated heterocycles. The minimum absolute atomic E-state index is 0.863. The molecule has 0 amide bonds. The van der Waals surface area contributed by atoms with E-state index < -0.39 is 0 Å². The van der Waals surface area contributed by atoms with Crippen molar-refractivity contribution in [3.63, 3.8) is 0 Å². The van der Waals surface area contributed by atoms with E-state index in [0.717, 1.165) is 71.7 Å². The molecule has 0 aliphatic rings. The van der Waals surface area contributed by atoms with Crippen LogP contribution in [0.1, 0.15) is 0 Å². The van der Waals surface area contributed by atoms with Crippen LogP contribution in [0.4, 0.5) is 17.1 Å². The van der Waals surface area contributed by atoms with Gasteiger partial charge >= 0.3 is 0 Å². The number of anilines is 3. The van der Waals surface area contributed by atoms with Gasteiger partial charge in [0.05, 0.1) is 0 Å². The van der Waals surface area contributed by atoms with Crippen LogP contribution < -0.4 is 4.90 Å². The first-order valence-electron chi connectivity index (χ1n) is 16.6. The highest BCUT2D eigenvalue weighted by molar-refractivity contribution is 6.27. The molecule has 230 valence electrons. The molecule has 10 rings (SSSR count). The number of hydrogen-bond acceptors (Lipinski definition) is 3. The van der Waals surface area contributed by atoms with Crippen molar-refractivity contribution in [2.75, 3.05) is 4.90 Å². The van der Waals surface area contributed by atoms with Crippen molar-refractivity contribution >= 4 is 71.7 Å². The second-order valence-electron chi connectivity index (χ2n) is 12.5. The van der Waals surface area contributed by atoms with Crippen molar-refractivity contribution in [3.8, 4) is 22.3 Å². The Balaban J connectivity index is 1.16. The van der Waals surface area contributed by atoms with Crippen LogP contribution in [-0.4, -0.2) is 0 Å². The second kappa shape index (κ2) is 11.0. The van der Waals surface area contributed by atoms with Gasteiger partial charge in [-0.25, -0.2) is 0 Å². The molecule has 8 aromatic carbocycles. The zero-order valence-corrected chi connectivity index (χ0v) is 26.5. The largest absolute Gasteiger partial charge is 0.456 e. The van der Waals surface area contributed by atoms with Gasteiger partial charge < -0.3 is 13.7 Å². The smallest absolute Gasteiger partial charge is 0.136 e. The van der Waals surface area contributed by atoms with Crippen LogP contribution in [0.15, 0.2) is 185 Å². The molecule has 0 unspecified atom stereocenters. The van der Waals surface area contributed by atoms with Gasteiger partial charge in [-0.05, 0) is 106 Å². The van der Waals surface area contributed by atoms with E-state index >= 15 is 0 Å². The first-order chi connectivity index (χ1) is 24.3. The fourth-order valence-corrected chi connectivity index (χ4v) is 7.35. The van der Waals surface area contributed by atoms with Crippen LogP contribution in [0, 0.1) is 0 Å². The van der Waals surface area contributed by atoms with Gasteiger partial charge in [-0.2, -0.15) is 0 Å². The minimum Gasteiger partial charge on any atom is -0.456 e. The summed E-state index contributed by atoms with van der Waals surface area (Å²) in [5, 5.41) is 6.77. The van der Waals surface area contributed by atoms with Crippen molar-refractivity contribution in [1.82, 2.24) is 0 Å². The molecular formula is C46H29NO2. The lowest BCUT2D eigenvalue weighted by atomic mass is 9.99. The van der Waals surface area contributed by atoms with Crippen molar-refractivity contribution < 1.29 is 8.83 Å². The fourth-order valence-electron chi connectivity index (χ4n) is 7.35. The Bertz CT molecular complexity index is 2710. The third-order valence-corrected chi connectivity index (χ3v) is 9.68. The minimum atomic E-state index is 0.863. The summed E-state index contributed by atoms with van der Waals surface area (Å²) in [5.74, 6) is 0. The summed E-state index contributed by atoms with van der Waals surface area (Å²) in [4.78, 5) is 2.33. The van der Waals surface area contributed by atoms with E-state index in [-0.39, 0.29) is 0 Å². The van der Waals surface area contributed by atoms with E-state index in [1.54, 1.807) is 0 Å². The van der Waals surface area contributed by atoms with Crippen molar-refractivity contribution in [3.05, 3.63) is 176 Å². The van der Waals surface area contributed by atoms with E-state index in [0.29, 0.717) is 0 Å². The van der Waals surface area contributed by atoms with Gasteiger partial charge in [-0.1, -0.05) is 103 Å². The molecule has 49 heavy (non-hydrogen) atoms. The Morgan fingerprint density at radius 3 is 1.29 bits per heavy atom. The maximum Gasteiger partial charge on any atom is 0.136 e. The zero-order valence-electron chi connectivity index (χ0n) is 26.5. The van der Waals surface area contributed by atoms with Gasteiger partial charge in [0.2, 0.25) is 0 Å². The third kappa shape index (κ3) is 4.51. The lowest BCUT2D eigenvalue weighted by molar-refractivity contribution is 0.668. The normalized spacial score (nSPS) is 11.7. The number of benzene rings is 8. The number of nitrogens with zero attached hydrogens (tertiary/aromatic N) is 1. The Hall–Kier alpha value is -6.58. The van der Waals surface area contributed by atoms with Gasteiger partial charge in [0, 0.05) is 38.6 Å². The summed E-state index contributed by atoms with van der Waals surface area (Å²) >= 11 is 0. The quantitative estimate of drug-likeness (QED) is 0.190. The number of para-hydroxylation sites is 1.